The van der Waals surface area contributed by atoms with Crippen LogP contribution in [0.1, 0.15) is 51.7 Å². The van der Waals surface area contributed by atoms with Crippen LogP contribution in [0, 0.1) is 13.8 Å². The van der Waals surface area contributed by atoms with Gasteiger partial charge < -0.3 is 10.1 Å². The maximum atomic E-state index is 13.2. The molecular formula is C22H28N2O5S2. The summed E-state index contributed by atoms with van der Waals surface area (Å²) in [5, 5.41) is 3.23. The van der Waals surface area contributed by atoms with Gasteiger partial charge in [-0.05, 0) is 75.3 Å². The van der Waals surface area contributed by atoms with Gasteiger partial charge in [-0.1, -0.05) is 6.07 Å². The number of hydrogen-bond acceptors (Lipinski definition) is 6. The lowest BCUT2D eigenvalue weighted by molar-refractivity contribution is -0.116. The van der Waals surface area contributed by atoms with Gasteiger partial charge in [0.05, 0.1) is 24.6 Å². The third-order valence-corrected chi connectivity index (χ3v) is 7.80. The van der Waals surface area contributed by atoms with Crippen molar-refractivity contribution in [2.45, 2.75) is 52.5 Å². The van der Waals surface area contributed by atoms with Crippen LogP contribution in [0.4, 0.5) is 10.7 Å². The van der Waals surface area contributed by atoms with Gasteiger partial charge in [0.15, 0.2) is 0 Å². The molecule has 7 nitrogen and oxygen atoms in total. The van der Waals surface area contributed by atoms with Gasteiger partial charge in [0.25, 0.3) is 0 Å². The maximum absolute atomic E-state index is 13.2. The number of carbonyl (C=O) groups excluding carboxylic acids is 2. The van der Waals surface area contributed by atoms with Crippen molar-refractivity contribution in [3.63, 3.8) is 0 Å². The number of rotatable bonds is 6. The maximum Gasteiger partial charge on any atom is 0.341 e. The summed E-state index contributed by atoms with van der Waals surface area (Å²) >= 11 is 1.37. The van der Waals surface area contributed by atoms with Gasteiger partial charge in [-0.2, -0.15) is 0 Å². The van der Waals surface area contributed by atoms with Crippen LogP contribution < -0.4 is 9.62 Å². The number of hydrogen-bond donors (Lipinski definition) is 1. The lowest BCUT2D eigenvalue weighted by Crippen LogP contribution is -2.45. The van der Waals surface area contributed by atoms with Crippen LogP contribution in [0.2, 0.25) is 0 Å². The summed E-state index contributed by atoms with van der Waals surface area (Å²) < 4.78 is 31.3. The van der Waals surface area contributed by atoms with E-state index in [1.54, 1.807) is 19.1 Å². The second-order valence-corrected chi connectivity index (χ2v) is 10.9. The normalized spacial score (nSPS) is 14.5. The molecule has 1 aliphatic rings. The Morgan fingerprint density at radius 1 is 1.13 bits per heavy atom. The molecule has 168 valence electrons. The zero-order chi connectivity index (χ0) is 22.9. The lowest BCUT2D eigenvalue weighted by Gasteiger charge is -2.28. The van der Waals surface area contributed by atoms with Crippen LogP contribution in [0.5, 0.6) is 0 Å². The molecule has 0 fully saturated rings. The van der Waals surface area contributed by atoms with Crippen molar-refractivity contribution in [3.05, 3.63) is 45.3 Å². The summed E-state index contributed by atoms with van der Waals surface area (Å²) in [5.41, 5.74) is 3.55. The molecule has 1 aromatic heterocycles. The summed E-state index contributed by atoms with van der Waals surface area (Å²) in [5.74, 6) is -0.995. The quantitative estimate of drug-likeness (QED) is 0.656. The molecule has 3 rings (SSSR count). The minimum Gasteiger partial charge on any atom is -0.465 e. The van der Waals surface area contributed by atoms with E-state index in [0.29, 0.717) is 16.3 Å². The second-order valence-electron chi connectivity index (χ2n) is 7.98. The molecule has 1 N–H and O–H groups in total. The molecule has 0 spiro atoms. The fourth-order valence-corrected chi connectivity index (χ4v) is 6.51. The van der Waals surface area contributed by atoms with Crippen molar-refractivity contribution in [2.75, 3.05) is 23.0 Å². The Labute approximate surface area is 187 Å². The van der Waals surface area contributed by atoms with Gasteiger partial charge in [-0.3, -0.25) is 9.10 Å². The van der Waals surface area contributed by atoms with Gasteiger partial charge >= 0.3 is 5.97 Å². The first kappa shape index (κ1) is 23.3. The van der Waals surface area contributed by atoms with Gasteiger partial charge in [0, 0.05) is 4.88 Å². The molecule has 0 saturated heterocycles. The van der Waals surface area contributed by atoms with E-state index in [4.69, 9.17) is 4.74 Å². The van der Waals surface area contributed by atoms with E-state index in [9.17, 15) is 18.0 Å². The number of aryl methyl sites for hydroxylation is 3. The number of amides is 1. The third kappa shape index (κ3) is 4.93. The summed E-state index contributed by atoms with van der Waals surface area (Å²) in [6.07, 6.45) is 4.71. The highest BCUT2D eigenvalue weighted by atomic mass is 32.2. The molecule has 0 bridgehead atoms. The number of methoxy groups -OCH3 is 1. The number of benzene rings is 1. The molecule has 1 aliphatic carbocycles. The highest BCUT2D eigenvalue weighted by molar-refractivity contribution is 7.92. The van der Waals surface area contributed by atoms with Gasteiger partial charge in [-0.15, -0.1) is 11.3 Å². The van der Waals surface area contributed by atoms with Crippen molar-refractivity contribution in [1.29, 1.82) is 0 Å². The van der Waals surface area contributed by atoms with E-state index in [0.717, 1.165) is 57.8 Å². The summed E-state index contributed by atoms with van der Waals surface area (Å²) in [7, 11) is -2.42. The molecule has 1 amide bonds. The SMILES string of the molecule is COC(=O)c1c(NC(=O)[C@H](C)N(c2cc(C)cc(C)c2)S(C)(=O)=O)sc2c1CCCC2. The monoisotopic (exact) mass is 464 g/mol. The van der Waals surface area contributed by atoms with Crippen molar-refractivity contribution in [2.24, 2.45) is 0 Å². The largest absolute Gasteiger partial charge is 0.465 e. The number of esters is 1. The first-order chi connectivity index (χ1) is 14.5. The summed E-state index contributed by atoms with van der Waals surface area (Å²) in [6.45, 7) is 5.29. The van der Waals surface area contributed by atoms with Crippen molar-refractivity contribution in [1.82, 2.24) is 0 Å². The Morgan fingerprint density at radius 3 is 2.32 bits per heavy atom. The van der Waals surface area contributed by atoms with Gasteiger partial charge in [0.2, 0.25) is 15.9 Å². The molecule has 1 aromatic carbocycles. The first-order valence-corrected chi connectivity index (χ1v) is 12.8. The molecule has 9 heteroatoms. The van der Waals surface area contributed by atoms with Crippen molar-refractivity contribution < 1.29 is 22.7 Å². The van der Waals surface area contributed by atoms with Crippen LogP contribution >= 0.6 is 11.3 Å². The minimum absolute atomic E-state index is 0.389. The van der Waals surface area contributed by atoms with Crippen LogP contribution in [0.15, 0.2) is 18.2 Å². The van der Waals surface area contributed by atoms with Crippen LogP contribution in [-0.4, -0.2) is 39.7 Å². The molecule has 1 atom stereocenters. The Morgan fingerprint density at radius 2 is 1.74 bits per heavy atom. The zero-order valence-electron chi connectivity index (χ0n) is 18.4. The fourth-order valence-electron chi connectivity index (χ4n) is 4.07. The van der Waals surface area contributed by atoms with E-state index >= 15 is 0 Å². The average Bonchev–Trinajstić information content (AvgIpc) is 3.03. The Kier molecular flexibility index (Phi) is 6.76. The predicted octanol–water partition coefficient (Wildman–Crippen LogP) is 3.82. The van der Waals surface area contributed by atoms with E-state index in [-0.39, 0.29) is 0 Å². The fraction of sp³-hybridized carbons (Fsp3) is 0.455. The molecule has 0 unspecified atom stereocenters. The summed E-state index contributed by atoms with van der Waals surface area (Å²) in [4.78, 5) is 26.7. The molecule has 2 aromatic rings. The number of thiophene rings is 1. The van der Waals surface area contributed by atoms with Gasteiger partial charge in [0.1, 0.15) is 11.0 Å². The molecule has 0 aliphatic heterocycles. The number of nitrogens with zero attached hydrogens (tertiary/aromatic N) is 1. The zero-order valence-corrected chi connectivity index (χ0v) is 20.1. The van der Waals surface area contributed by atoms with E-state index in [2.05, 4.69) is 5.32 Å². The molecule has 0 saturated carbocycles. The number of nitrogens with one attached hydrogen (secondary N) is 1. The van der Waals surface area contributed by atoms with E-state index in [1.807, 2.05) is 19.9 Å². The number of ether oxygens (including phenoxy) is 1. The van der Waals surface area contributed by atoms with E-state index in [1.165, 1.54) is 18.4 Å². The topological polar surface area (TPSA) is 92.8 Å². The Bertz CT molecular complexity index is 1100. The highest BCUT2D eigenvalue weighted by Gasteiger charge is 2.32. The van der Waals surface area contributed by atoms with Crippen LogP contribution in [0.3, 0.4) is 0 Å². The number of carbonyl (C=O) groups is 2. The highest BCUT2D eigenvalue weighted by Crippen LogP contribution is 2.39. The van der Waals surface area contributed by atoms with Crippen molar-refractivity contribution >= 4 is 43.9 Å². The third-order valence-electron chi connectivity index (χ3n) is 5.35. The van der Waals surface area contributed by atoms with Crippen LogP contribution in [-0.2, 0) is 32.4 Å². The molecule has 0 radical (unpaired) electrons. The smallest absolute Gasteiger partial charge is 0.341 e. The number of fused-ring (bicyclic) bond motifs is 1. The van der Waals surface area contributed by atoms with E-state index < -0.39 is 27.9 Å². The first-order valence-electron chi connectivity index (χ1n) is 10.1. The molecule has 1 heterocycles. The molecule has 31 heavy (non-hydrogen) atoms. The molecular weight excluding hydrogens is 436 g/mol. The Balaban J connectivity index is 1.97. The summed E-state index contributed by atoms with van der Waals surface area (Å²) in [6, 6.07) is 4.40. The number of sulfonamides is 1. The standard InChI is InChI=1S/C22H28N2O5S2/c1-13-10-14(2)12-16(11-13)24(31(5,27)28)15(3)20(25)23-21-19(22(26)29-4)17-8-6-7-9-18(17)30-21/h10-12,15H,6-9H2,1-5H3,(H,23,25)/t15-/m0/s1. The lowest BCUT2D eigenvalue weighted by atomic mass is 9.95. The predicted molar refractivity (Wildman–Crippen MR) is 124 cm³/mol. The average molecular weight is 465 g/mol. The minimum atomic E-state index is -3.74. The van der Waals surface area contributed by atoms with Crippen LogP contribution in [0.25, 0.3) is 0 Å². The van der Waals surface area contributed by atoms with Gasteiger partial charge in [-0.25, -0.2) is 13.2 Å². The second kappa shape index (κ2) is 9.00. The number of anilines is 2. The Hall–Kier alpha value is -2.39. The van der Waals surface area contributed by atoms with Crippen molar-refractivity contribution in [3.8, 4) is 0 Å².